The van der Waals surface area contributed by atoms with Crippen LogP contribution in [0.1, 0.15) is 25.6 Å². The van der Waals surface area contributed by atoms with Gasteiger partial charge in [-0.3, -0.25) is 0 Å². The number of benzene rings is 1. The molecule has 0 aliphatic rings. The van der Waals surface area contributed by atoms with Gasteiger partial charge < -0.3 is 10.2 Å². The minimum absolute atomic E-state index is 0.144. The Morgan fingerprint density at radius 1 is 1.16 bits per heavy atom. The van der Waals surface area contributed by atoms with E-state index >= 15 is 0 Å². The number of aromatic nitrogens is 4. The monoisotopic (exact) mass is 276 g/mol. The fraction of sp³-hybridized carbons (Fsp3) is 0.250. The maximum atomic E-state index is 9.52. The Morgan fingerprint density at radius 2 is 1.95 bits per heavy atom. The van der Waals surface area contributed by atoms with Crippen molar-refractivity contribution in [3.63, 3.8) is 0 Å². The molecule has 0 spiro atoms. The van der Waals surface area contributed by atoms with Crippen molar-refractivity contribution in [2.45, 2.75) is 19.8 Å². The van der Waals surface area contributed by atoms with Crippen LogP contribution in [0.3, 0.4) is 0 Å². The molecule has 7 heteroatoms. The normalized spacial score (nSPS) is 11.5. The van der Waals surface area contributed by atoms with Crippen molar-refractivity contribution in [1.29, 1.82) is 0 Å². The molecule has 98 valence electrons. The molecule has 1 aromatic carbocycles. The smallest absolute Gasteiger partial charge is 0.234 e. The zero-order chi connectivity index (χ0) is 13.6. The van der Waals surface area contributed by atoms with E-state index in [4.69, 9.17) is 0 Å². The van der Waals surface area contributed by atoms with Crippen LogP contribution in [-0.2, 0) is 0 Å². The van der Waals surface area contributed by atoms with Crippen molar-refractivity contribution in [3.8, 4) is 22.1 Å². The van der Waals surface area contributed by atoms with E-state index in [1.165, 1.54) is 23.5 Å². The summed E-state index contributed by atoms with van der Waals surface area (Å²) in [6.07, 6.45) is 0. The molecule has 19 heavy (non-hydrogen) atoms. The second-order valence-electron chi connectivity index (χ2n) is 4.52. The molecular formula is C12H12N4O2S. The van der Waals surface area contributed by atoms with Crippen LogP contribution < -0.4 is 0 Å². The minimum atomic E-state index is -0.160. The third-order valence-electron chi connectivity index (χ3n) is 2.75. The molecule has 0 unspecified atom stereocenters. The van der Waals surface area contributed by atoms with E-state index in [0.29, 0.717) is 4.96 Å². The number of hydrogen-bond acceptors (Lipinski definition) is 6. The topological polar surface area (TPSA) is 83.5 Å². The van der Waals surface area contributed by atoms with E-state index in [0.717, 1.165) is 16.4 Å². The van der Waals surface area contributed by atoms with Gasteiger partial charge in [0.2, 0.25) is 4.96 Å². The summed E-state index contributed by atoms with van der Waals surface area (Å²) in [6, 6.07) is 4.63. The first-order valence-electron chi connectivity index (χ1n) is 5.80. The lowest BCUT2D eigenvalue weighted by Gasteiger charge is -2.00. The van der Waals surface area contributed by atoms with Crippen molar-refractivity contribution in [2.24, 2.45) is 0 Å². The molecule has 0 amide bonds. The van der Waals surface area contributed by atoms with Crippen LogP contribution >= 0.6 is 11.3 Å². The van der Waals surface area contributed by atoms with Gasteiger partial charge in [-0.1, -0.05) is 25.2 Å². The maximum Gasteiger partial charge on any atom is 0.234 e. The highest BCUT2D eigenvalue weighted by Gasteiger charge is 2.15. The molecule has 0 saturated carbocycles. The molecule has 3 aromatic rings. The lowest BCUT2D eigenvalue weighted by molar-refractivity contribution is 0.404. The van der Waals surface area contributed by atoms with Crippen molar-refractivity contribution < 1.29 is 10.2 Å². The SMILES string of the molecule is CC(C)c1nnc2sc(-c3ccc(O)c(O)c3)nn12. The van der Waals surface area contributed by atoms with Gasteiger partial charge in [0.05, 0.1) is 0 Å². The summed E-state index contributed by atoms with van der Waals surface area (Å²) >= 11 is 1.39. The second-order valence-corrected chi connectivity index (χ2v) is 5.47. The van der Waals surface area contributed by atoms with Gasteiger partial charge in [0, 0.05) is 11.5 Å². The number of nitrogens with zero attached hydrogens (tertiary/aromatic N) is 4. The van der Waals surface area contributed by atoms with Gasteiger partial charge >= 0.3 is 0 Å². The van der Waals surface area contributed by atoms with Gasteiger partial charge in [0.25, 0.3) is 0 Å². The van der Waals surface area contributed by atoms with Crippen LogP contribution in [0.5, 0.6) is 11.5 Å². The first-order chi connectivity index (χ1) is 9.06. The zero-order valence-electron chi connectivity index (χ0n) is 10.4. The van der Waals surface area contributed by atoms with E-state index in [-0.39, 0.29) is 17.4 Å². The van der Waals surface area contributed by atoms with Crippen molar-refractivity contribution >= 4 is 16.3 Å². The van der Waals surface area contributed by atoms with Crippen LogP contribution in [0, 0.1) is 0 Å². The Balaban J connectivity index is 2.12. The molecule has 0 atom stereocenters. The number of aromatic hydroxyl groups is 2. The molecule has 2 heterocycles. The highest BCUT2D eigenvalue weighted by molar-refractivity contribution is 7.19. The van der Waals surface area contributed by atoms with Gasteiger partial charge in [0.15, 0.2) is 17.3 Å². The predicted octanol–water partition coefficient (Wildman–Crippen LogP) is 2.39. The molecule has 2 N–H and O–H groups in total. The largest absolute Gasteiger partial charge is 0.504 e. The summed E-state index contributed by atoms with van der Waals surface area (Å²) in [7, 11) is 0. The third-order valence-corrected chi connectivity index (χ3v) is 3.70. The number of rotatable bonds is 2. The molecule has 0 saturated heterocycles. The number of phenolic OH excluding ortho intramolecular Hbond substituents is 2. The molecule has 6 nitrogen and oxygen atoms in total. The molecule has 0 aliphatic carbocycles. The maximum absolute atomic E-state index is 9.52. The fourth-order valence-electron chi connectivity index (χ4n) is 1.77. The van der Waals surface area contributed by atoms with Crippen molar-refractivity contribution in [3.05, 3.63) is 24.0 Å². The highest BCUT2D eigenvalue weighted by Crippen LogP contribution is 2.32. The van der Waals surface area contributed by atoms with E-state index in [9.17, 15) is 10.2 Å². The Labute approximate surface area is 113 Å². The molecule has 2 aromatic heterocycles. The van der Waals surface area contributed by atoms with Gasteiger partial charge in [-0.15, -0.1) is 10.2 Å². The number of phenols is 2. The summed E-state index contributed by atoms with van der Waals surface area (Å²) < 4.78 is 1.72. The average Bonchev–Trinajstić information content (AvgIpc) is 2.91. The summed E-state index contributed by atoms with van der Waals surface area (Å²) in [4.78, 5) is 0.714. The standard InChI is InChI=1S/C12H12N4O2S/c1-6(2)10-13-14-12-16(10)15-11(19-12)7-3-4-8(17)9(18)5-7/h3-6,17-18H,1-2H3. The fourth-order valence-corrected chi connectivity index (χ4v) is 2.61. The summed E-state index contributed by atoms with van der Waals surface area (Å²) in [5.74, 6) is 0.737. The van der Waals surface area contributed by atoms with Crippen molar-refractivity contribution in [1.82, 2.24) is 19.8 Å². The molecule has 0 bridgehead atoms. The predicted molar refractivity (Wildman–Crippen MR) is 71.5 cm³/mol. The number of hydrogen-bond donors (Lipinski definition) is 2. The van der Waals surface area contributed by atoms with E-state index < -0.39 is 0 Å². The van der Waals surface area contributed by atoms with E-state index in [1.54, 1.807) is 10.6 Å². The van der Waals surface area contributed by atoms with E-state index in [2.05, 4.69) is 15.3 Å². The van der Waals surface area contributed by atoms with Gasteiger partial charge in [-0.25, -0.2) is 0 Å². The first kappa shape index (κ1) is 11.9. The molecule has 0 fully saturated rings. The summed E-state index contributed by atoms with van der Waals surface area (Å²) in [5, 5.41) is 32.2. The lowest BCUT2D eigenvalue weighted by Crippen LogP contribution is -1.97. The molecule has 3 rings (SSSR count). The lowest BCUT2D eigenvalue weighted by atomic mass is 10.2. The van der Waals surface area contributed by atoms with Crippen LogP contribution in [0.4, 0.5) is 0 Å². The second kappa shape index (κ2) is 4.20. The van der Waals surface area contributed by atoms with Crippen molar-refractivity contribution in [2.75, 3.05) is 0 Å². The Kier molecular flexibility index (Phi) is 2.63. The Hall–Kier alpha value is -2.15. The van der Waals surface area contributed by atoms with Crippen LogP contribution in [-0.4, -0.2) is 30.0 Å². The highest BCUT2D eigenvalue weighted by atomic mass is 32.1. The van der Waals surface area contributed by atoms with Gasteiger partial charge in [-0.2, -0.15) is 9.61 Å². The Morgan fingerprint density at radius 3 is 2.63 bits per heavy atom. The summed E-state index contributed by atoms with van der Waals surface area (Å²) in [5.41, 5.74) is 0.737. The summed E-state index contributed by atoms with van der Waals surface area (Å²) in [6.45, 7) is 4.06. The first-order valence-corrected chi connectivity index (χ1v) is 6.62. The molecular weight excluding hydrogens is 264 g/mol. The van der Waals surface area contributed by atoms with Crippen LogP contribution in [0.15, 0.2) is 18.2 Å². The Bertz CT molecular complexity index is 747. The number of fused-ring (bicyclic) bond motifs is 1. The van der Waals surface area contributed by atoms with Crippen LogP contribution in [0.25, 0.3) is 15.5 Å². The van der Waals surface area contributed by atoms with Gasteiger partial charge in [-0.05, 0) is 18.2 Å². The van der Waals surface area contributed by atoms with Gasteiger partial charge in [0.1, 0.15) is 5.01 Å². The third kappa shape index (κ3) is 1.91. The average molecular weight is 276 g/mol. The molecule has 0 radical (unpaired) electrons. The van der Waals surface area contributed by atoms with Crippen LogP contribution in [0.2, 0.25) is 0 Å². The molecule has 0 aliphatic heterocycles. The quantitative estimate of drug-likeness (QED) is 0.702. The minimum Gasteiger partial charge on any atom is -0.504 e. The van der Waals surface area contributed by atoms with E-state index in [1.807, 2.05) is 13.8 Å². The zero-order valence-corrected chi connectivity index (χ0v) is 11.2.